The van der Waals surface area contributed by atoms with E-state index in [0.717, 1.165) is 31.3 Å². The summed E-state index contributed by atoms with van der Waals surface area (Å²) >= 11 is 3.48. The Hall–Kier alpha value is -1.72. The third kappa shape index (κ3) is 4.22. The minimum atomic E-state index is 0.229. The van der Waals surface area contributed by atoms with Crippen molar-refractivity contribution in [3.05, 3.63) is 51.2 Å². The van der Waals surface area contributed by atoms with Gasteiger partial charge in [-0.2, -0.15) is 0 Å². The molecule has 3 nitrogen and oxygen atoms in total. The van der Waals surface area contributed by atoms with E-state index in [2.05, 4.69) is 35.5 Å². The van der Waals surface area contributed by atoms with E-state index in [4.69, 9.17) is 0 Å². The number of hydrogen-bond acceptors (Lipinski definition) is 4. The van der Waals surface area contributed by atoms with Gasteiger partial charge in [0.15, 0.2) is 0 Å². The third-order valence-electron chi connectivity index (χ3n) is 4.14. The molecule has 3 rings (SSSR count). The zero-order chi connectivity index (χ0) is 16.9. The first-order valence-corrected chi connectivity index (χ1v) is 9.94. The van der Waals surface area contributed by atoms with Crippen molar-refractivity contribution < 1.29 is 4.79 Å². The van der Waals surface area contributed by atoms with E-state index >= 15 is 0 Å². The van der Waals surface area contributed by atoms with Gasteiger partial charge >= 0.3 is 0 Å². The van der Waals surface area contributed by atoms with Gasteiger partial charge in [0.25, 0.3) is 0 Å². The fourth-order valence-corrected chi connectivity index (χ4v) is 4.61. The minimum Gasteiger partial charge on any atom is -0.341 e. The molecule has 0 aliphatic heterocycles. The summed E-state index contributed by atoms with van der Waals surface area (Å²) < 4.78 is 1.25. The van der Waals surface area contributed by atoms with Crippen molar-refractivity contribution in [1.29, 1.82) is 0 Å². The van der Waals surface area contributed by atoms with Gasteiger partial charge in [-0.3, -0.25) is 4.79 Å². The number of thiazole rings is 1. The molecule has 2 heterocycles. The zero-order valence-electron chi connectivity index (χ0n) is 14.1. The lowest BCUT2D eigenvalue weighted by atomic mass is 10.2. The maximum Gasteiger partial charge on any atom is 0.222 e. The van der Waals surface area contributed by atoms with Crippen LogP contribution in [0.2, 0.25) is 0 Å². The number of benzene rings is 1. The second kappa shape index (κ2) is 7.90. The first-order valence-electron chi connectivity index (χ1n) is 8.25. The maximum atomic E-state index is 12.3. The Kier molecular flexibility index (Phi) is 5.63. The number of hydrogen-bond donors (Lipinski definition) is 0. The number of carbonyl (C=O) groups is 1. The van der Waals surface area contributed by atoms with Crippen molar-refractivity contribution >= 4 is 38.8 Å². The van der Waals surface area contributed by atoms with E-state index < -0.39 is 0 Å². The average molecular weight is 359 g/mol. The Morgan fingerprint density at radius 1 is 1.21 bits per heavy atom. The Bertz CT molecular complexity index is 789. The van der Waals surface area contributed by atoms with E-state index in [1.165, 1.54) is 20.1 Å². The molecule has 24 heavy (non-hydrogen) atoms. The van der Waals surface area contributed by atoms with Gasteiger partial charge < -0.3 is 4.90 Å². The van der Waals surface area contributed by atoms with Gasteiger partial charge in [-0.05, 0) is 55.3 Å². The van der Waals surface area contributed by atoms with Crippen molar-refractivity contribution in [2.24, 2.45) is 0 Å². The largest absolute Gasteiger partial charge is 0.341 e. The second-order valence-electron chi connectivity index (χ2n) is 6.06. The van der Waals surface area contributed by atoms with Crippen LogP contribution in [-0.2, 0) is 17.8 Å². The summed E-state index contributed by atoms with van der Waals surface area (Å²) in [7, 11) is 1.90. The normalized spacial score (nSPS) is 11.1. The summed E-state index contributed by atoms with van der Waals surface area (Å²) in [6.07, 6.45) is 3.51. The Labute approximate surface area is 151 Å². The predicted molar refractivity (Wildman–Crippen MR) is 103 cm³/mol. The molecule has 1 aromatic carbocycles. The molecule has 0 saturated carbocycles. The molecule has 0 atom stereocenters. The number of para-hydroxylation sites is 1. The van der Waals surface area contributed by atoms with Crippen LogP contribution in [0.1, 0.15) is 34.7 Å². The first-order chi connectivity index (χ1) is 11.6. The average Bonchev–Trinajstić information content (AvgIpc) is 3.17. The van der Waals surface area contributed by atoms with E-state index in [0.29, 0.717) is 6.42 Å². The van der Waals surface area contributed by atoms with Gasteiger partial charge in [0.05, 0.1) is 21.8 Å². The summed E-state index contributed by atoms with van der Waals surface area (Å²) in [5.74, 6) is 0.229. The molecule has 0 aliphatic carbocycles. The highest BCUT2D eigenvalue weighted by Crippen LogP contribution is 2.23. The summed E-state index contributed by atoms with van der Waals surface area (Å²) in [4.78, 5) is 20.0. The number of rotatable bonds is 7. The highest BCUT2D eigenvalue weighted by Gasteiger charge is 2.11. The summed E-state index contributed by atoms with van der Waals surface area (Å²) in [6, 6.07) is 10.3. The lowest BCUT2D eigenvalue weighted by Crippen LogP contribution is -2.25. The van der Waals surface area contributed by atoms with Gasteiger partial charge in [-0.1, -0.05) is 12.1 Å². The van der Waals surface area contributed by atoms with Crippen LogP contribution in [0.5, 0.6) is 0 Å². The molecule has 0 N–H and O–H groups in total. The third-order valence-corrected chi connectivity index (χ3v) is 6.25. The van der Waals surface area contributed by atoms with Gasteiger partial charge in [0.1, 0.15) is 0 Å². The number of unbranched alkanes of at least 4 members (excludes halogenated alkanes) is 1. The smallest absolute Gasteiger partial charge is 0.222 e. The molecule has 126 valence electrons. The number of amides is 1. The Morgan fingerprint density at radius 2 is 2.04 bits per heavy atom. The first kappa shape index (κ1) is 17.1. The van der Waals surface area contributed by atoms with Gasteiger partial charge in [0, 0.05) is 18.3 Å². The molecular formula is C19H22N2OS2. The van der Waals surface area contributed by atoms with Gasteiger partial charge in [-0.15, -0.1) is 22.7 Å². The Morgan fingerprint density at radius 3 is 2.79 bits per heavy atom. The second-order valence-corrected chi connectivity index (χ2v) is 8.17. The fourth-order valence-electron chi connectivity index (χ4n) is 2.64. The van der Waals surface area contributed by atoms with Crippen molar-refractivity contribution in [2.45, 2.75) is 39.2 Å². The number of nitrogens with zero attached hydrogens (tertiary/aromatic N) is 2. The molecular weight excluding hydrogens is 336 g/mol. The molecule has 3 aromatic rings. The number of fused-ring (bicyclic) bond motifs is 1. The van der Waals surface area contributed by atoms with Gasteiger partial charge in [-0.25, -0.2) is 4.98 Å². The van der Waals surface area contributed by atoms with E-state index in [1.54, 1.807) is 22.7 Å². The van der Waals surface area contributed by atoms with Crippen molar-refractivity contribution in [1.82, 2.24) is 9.88 Å². The van der Waals surface area contributed by atoms with Crippen LogP contribution in [0.15, 0.2) is 35.7 Å². The van der Waals surface area contributed by atoms with Crippen LogP contribution in [0.25, 0.3) is 10.2 Å². The monoisotopic (exact) mass is 358 g/mol. The standard InChI is InChI=1S/C19H22N2OS2/c1-14-11-12-23-17(14)13-21(2)19(22)10-6-5-9-18-20-15-7-3-4-8-16(15)24-18/h3-4,7-8,11-12H,5-6,9-10,13H2,1-2H3. The Balaban J connectivity index is 1.42. The van der Waals surface area contributed by atoms with Crippen LogP contribution in [-0.4, -0.2) is 22.8 Å². The number of aryl methyl sites for hydroxylation is 2. The number of aromatic nitrogens is 1. The summed E-state index contributed by atoms with van der Waals surface area (Å²) in [5.41, 5.74) is 2.36. The lowest BCUT2D eigenvalue weighted by molar-refractivity contribution is -0.130. The molecule has 1 amide bonds. The molecule has 0 bridgehead atoms. The quantitative estimate of drug-likeness (QED) is 0.555. The summed E-state index contributed by atoms with van der Waals surface area (Å²) in [5, 5.41) is 3.26. The van der Waals surface area contributed by atoms with Crippen LogP contribution >= 0.6 is 22.7 Å². The molecule has 0 radical (unpaired) electrons. The van der Waals surface area contributed by atoms with Crippen LogP contribution in [0.3, 0.4) is 0 Å². The zero-order valence-corrected chi connectivity index (χ0v) is 15.8. The maximum absolute atomic E-state index is 12.3. The fraction of sp³-hybridized carbons (Fsp3) is 0.368. The number of thiophene rings is 1. The van der Waals surface area contributed by atoms with Crippen LogP contribution in [0.4, 0.5) is 0 Å². The van der Waals surface area contributed by atoms with E-state index in [9.17, 15) is 4.79 Å². The highest BCUT2D eigenvalue weighted by molar-refractivity contribution is 7.18. The van der Waals surface area contributed by atoms with Gasteiger partial charge in [0.2, 0.25) is 5.91 Å². The molecule has 2 aromatic heterocycles. The van der Waals surface area contributed by atoms with Crippen molar-refractivity contribution in [3.63, 3.8) is 0 Å². The molecule has 0 fully saturated rings. The SMILES string of the molecule is Cc1ccsc1CN(C)C(=O)CCCCc1nc2ccccc2s1. The minimum absolute atomic E-state index is 0.229. The van der Waals surface area contributed by atoms with E-state index in [-0.39, 0.29) is 5.91 Å². The molecule has 0 aliphatic rings. The topological polar surface area (TPSA) is 33.2 Å². The van der Waals surface area contributed by atoms with Crippen LogP contribution < -0.4 is 0 Å². The lowest BCUT2D eigenvalue weighted by Gasteiger charge is -2.16. The van der Waals surface area contributed by atoms with Crippen molar-refractivity contribution in [2.75, 3.05) is 7.05 Å². The summed E-state index contributed by atoms with van der Waals surface area (Å²) in [6.45, 7) is 2.82. The molecule has 0 saturated heterocycles. The van der Waals surface area contributed by atoms with E-state index in [1.807, 2.05) is 24.1 Å². The molecule has 0 unspecified atom stereocenters. The predicted octanol–water partition coefficient (Wildman–Crippen LogP) is 5.04. The number of carbonyl (C=O) groups excluding carboxylic acids is 1. The molecule has 0 spiro atoms. The molecule has 5 heteroatoms. The van der Waals surface area contributed by atoms with Crippen LogP contribution in [0, 0.1) is 6.92 Å². The van der Waals surface area contributed by atoms with Crippen molar-refractivity contribution in [3.8, 4) is 0 Å². The highest BCUT2D eigenvalue weighted by atomic mass is 32.1.